The Bertz CT molecular complexity index is 1040. The first-order valence-corrected chi connectivity index (χ1v) is 11.1. The van der Waals surface area contributed by atoms with E-state index in [1.165, 1.54) is 12.1 Å². The number of carbonyl (C=O) groups excluding carboxylic acids is 1. The molecule has 8 heteroatoms. The van der Waals surface area contributed by atoms with Crippen molar-refractivity contribution in [3.05, 3.63) is 52.3 Å². The van der Waals surface area contributed by atoms with Crippen molar-refractivity contribution in [3.8, 4) is 0 Å². The first-order valence-electron chi connectivity index (χ1n) is 11.1. The molecule has 0 radical (unpaired) electrons. The number of aromatic nitrogens is 1. The SMILES string of the molecule is CCCCCN(C)C(=O)/C=C/[C@H]1CC[C@@H](C)N1c1ccc2[nH]c(=O)cc(C(F)(F)F)c2c1. The van der Waals surface area contributed by atoms with E-state index in [-0.39, 0.29) is 28.9 Å². The molecule has 0 unspecified atom stereocenters. The minimum Gasteiger partial charge on any atom is -0.362 e. The molecule has 5 nitrogen and oxygen atoms in total. The number of alkyl halides is 3. The van der Waals surface area contributed by atoms with Gasteiger partial charge in [0.15, 0.2) is 0 Å². The monoisotopic (exact) mass is 449 g/mol. The highest BCUT2D eigenvalue weighted by Crippen LogP contribution is 2.37. The molecule has 0 saturated carbocycles. The number of hydrogen-bond donors (Lipinski definition) is 1. The summed E-state index contributed by atoms with van der Waals surface area (Å²) in [6.45, 7) is 4.83. The summed E-state index contributed by atoms with van der Waals surface area (Å²) in [6.07, 6.45) is 3.58. The minimum absolute atomic E-state index is 0.0387. The summed E-state index contributed by atoms with van der Waals surface area (Å²) < 4.78 is 40.6. The molecule has 1 aliphatic rings. The number of fused-ring (bicyclic) bond motifs is 1. The van der Waals surface area contributed by atoms with Crippen molar-refractivity contribution in [1.82, 2.24) is 9.88 Å². The van der Waals surface area contributed by atoms with Crippen LogP contribution in [0.1, 0.15) is 51.5 Å². The van der Waals surface area contributed by atoms with Crippen LogP contribution in [-0.4, -0.2) is 41.5 Å². The Kier molecular flexibility index (Phi) is 7.31. The minimum atomic E-state index is -4.63. The van der Waals surface area contributed by atoms with Crippen molar-refractivity contribution in [2.45, 2.75) is 64.2 Å². The molecular formula is C24H30F3N3O2. The first-order chi connectivity index (χ1) is 15.1. The first kappa shape index (κ1) is 23.9. The fraction of sp³-hybridized carbons (Fsp3) is 0.500. The molecule has 2 aromatic rings. The van der Waals surface area contributed by atoms with Crippen LogP contribution >= 0.6 is 0 Å². The maximum absolute atomic E-state index is 13.5. The molecule has 1 aromatic carbocycles. The van der Waals surface area contributed by atoms with Gasteiger partial charge in [-0.25, -0.2) is 0 Å². The highest BCUT2D eigenvalue weighted by atomic mass is 19.4. The van der Waals surface area contributed by atoms with Gasteiger partial charge in [-0.2, -0.15) is 13.2 Å². The van der Waals surface area contributed by atoms with Crippen LogP contribution in [0.2, 0.25) is 0 Å². The molecule has 174 valence electrons. The number of halogens is 3. The van der Waals surface area contributed by atoms with Gasteiger partial charge in [-0.15, -0.1) is 0 Å². The van der Waals surface area contributed by atoms with Gasteiger partial charge in [0.25, 0.3) is 0 Å². The van der Waals surface area contributed by atoms with Crippen molar-refractivity contribution in [1.29, 1.82) is 0 Å². The number of unbranched alkanes of at least 4 members (excludes halogenated alkanes) is 2. The smallest absolute Gasteiger partial charge is 0.362 e. The molecule has 2 heterocycles. The average molecular weight is 450 g/mol. The summed E-state index contributed by atoms with van der Waals surface area (Å²) in [7, 11) is 1.78. The number of hydrogen-bond acceptors (Lipinski definition) is 3. The van der Waals surface area contributed by atoms with Gasteiger partial charge in [-0.3, -0.25) is 9.59 Å². The van der Waals surface area contributed by atoms with Gasteiger partial charge in [0.2, 0.25) is 11.5 Å². The number of H-pyrrole nitrogens is 1. The number of nitrogens with one attached hydrogen (secondary N) is 1. The van der Waals surface area contributed by atoms with Crippen molar-refractivity contribution < 1.29 is 18.0 Å². The van der Waals surface area contributed by atoms with E-state index in [2.05, 4.69) is 11.9 Å². The maximum atomic E-state index is 13.5. The zero-order valence-corrected chi connectivity index (χ0v) is 18.7. The molecule has 3 rings (SSSR count). The van der Waals surface area contributed by atoms with Gasteiger partial charge < -0.3 is 14.8 Å². The van der Waals surface area contributed by atoms with Gasteiger partial charge >= 0.3 is 6.18 Å². The Morgan fingerprint density at radius 2 is 2.00 bits per heavy atom. The Morgan fingerprint density at radius 1 is 1.25 bits per heavy atom. The molecule has 0 bridgehead atoms. The number of anilines is 1. The number of benzene rings is 1. The average Bonchev–Trinajstić information content (AvgIpc) is 3.10. The largest absolute Gasteiger partial charge is 0.417 e. The van der Waals surface area contributed by atoms with Crippen LogP contribution in [0, 0.1) is 0 Å². The second-order valence-electron chi connectivity index (χ2n) is 8.50. The third kappa shape index (κ3) is 5.34. The standard InChI is InChI=1S/C24H30F3N3O2/c1-4-5-6-13-29(3)23(32)12-10-17-8-7-16(2)30(17)18-9-11-21-19(14-18)20(24(25,26)27)15-22(31)28-21/h9-12,14-17H,4-8,13H2,1-3H3,(H,28,31)/b12-10+/t16-,17-/m1/s1. The molecule has 1 saturated heterocycles. The Labute approximate surface area is 185 Å². The maximum Gasteiger partial charge on any atom is 0.417 e. The van der Waals surface area contributed by atoms with E-state index in [0.717, 1.165) is 32.1 Å². The summed E-state index contributed by atoms with van der Waals surface area (Å²) >= 11 is 0. The Morgan fingerprint density at radius 3 is 2.69 bits per heavy atom. The van der Waals surface area contributed by atoms with Crippen LogP contribution < -0.4 is 10.5 Å². The highest BCUT2D eigenvalue weighted by Gasteiger charge is 2.34. The van der Waals surface area contributed by atoms with Crippen LogP contribution in [0.15, 0.2) is 41.2 Å². The lowest BCUT2D eigenvalue weighted by Crippen LogP contribution is -2.34. The van der Waals surface area contributed by atoms with E-state index >= 15 is 0 Å². The van der Waals surface area contributed by atoms with Gasteiger partial charge in [-0.1, -0.05) is 25.8 Å². The zero-order chi connectivity index (χ0) is 23.5. The molecule has 32 heavy (non-hydrogen) atoms. The lowest BCUT2D eigenvalue weighted by atomic mass is 10.1. The summed E-state index contributed by atoms with van der Waals surface area (Å²) in [5.41, 5.74) is -0.940. The van der Waals surface area contributed by atoms with Crippen molar-refractivity contribution in [2.75, 3.05) is 18.5 Å². The predicted molar refractivity (Wildman–Crippen MR) is 121 cm³/mol. The number of pyridine rings is 1. The second-order valence-corrected chi connectivity index (χ2v) is 8.50. The van der Waals surface area contributed by atoms with Crippen molar-refractivity contribution in [3.63, 3.8) is 0 Å². The van der Waals surface area contributed by atoms with E-state index in [9.17, 15) is 22.8 Å². The topological polar surface area (TPSA) is 56.4 Å². The lowest BCUT2D eigenvalue weighted by Gasteiger charge is -2.30. The van der Waals surface area contributed by atoms with Crippen LogP contribution in [0.3, 0.4) is 0 Å². The van der Waals surface area contributed by atoms with E-state index < -0.39 is 17.3 Å². The van der Waals surface area contributed by atoms with Crippen LogP contribution in [-0.2, 0) is 11.0 Å². The van der Waals surface area contributed by atoms with Gasteiger partial charge in [0, 0.05) is 54.4 Å². The lowest BCUT2D eigenvalue weighted by molar-refractivity contribution is -0.136. The van der Waals surface area contributed by atoms with Crippen LogP contribution in [0.5, 0.6) is 0 Å². The van der Waals surface area contributed by atoms with E-state index in [4.69, 9.17) is 0 Å². The molecule has 1 aliphatic heterocycles. The summed E-state index contributed by atoms with van der Waals surface area (Å²) in [5, 5.41) is -0.0387. The van der Waals surface area contributed by atoms with Crippen LogP contribution in [0.4, 0.5) is 18.9 Å². The number of amides is 1. The molecule has 1 N–H and O–H groups in total. The molecule has 1 aromatic heterocycles. The normalized spacial score (nSPS) is 19.2. The third-order valence-electron chi connectivity index (χ3n) is 6.08. The molecule has 1 fully saturated rings. The number of likely N-dealkylation sites (N-methyl/N-ethyl adjacent to an activating group) is 1. The Balaban J connectivity index is 1.87. The number of carbonyl (C=O) groups is 1. The Hall–Kier alpha value is -2.77. The molecular weight excluding hydrogens is 419 g/mol. The van der Waals surface area contributed by atoms with E-state index in [0.29, 0.717) is 18.3 Å². The number of nitrogens with zero attached hydrogens (tertiary/aromatic N) is 2. The molecule has 2 atom stereocenters. The van der Waals surface area contributed by atoms with Crippen molar-refractivity contribution >= 4 is 22.5 Å². The van der Waals surface area contributed by atoms with Gasteiger partial charge in [0.1, 0.15) is 0 Å². The van der Waals surface area contributed by atoms with E-state index in [1.54, 1.807) is 24.1 Å². The third-order valence-corrected chi connectivity index (χ3v) is 6.08. The second kappa shape index (κ2) is 9.79. The van der Waals surface area contributed by atoms with E-state index in [1.807, 2.05) is 17.9 Å². The summed E-state index contributed by atoms with van der Waals surface area (Å²) in [4.78, 5) is 30.3. The zero-order valence-electron chi connectivity index (χ0n) is 18.7. The highest BCUT2D eigenvalue weighted by molar-refractivity contribution is 5.88. The van der Waals surface area contributed by atoms with Gasteiger partial charge in [0.05, 0.1) is 5.56 Å². The molecule has 0 spiro atoms. The fourth-order valence-corrected chi connectivity index (χ4v) is 4.32. The number of rotatable bonds is 7. The predicted octanol–water partition coefficient (Wildman–Crippen LogP) is 5.11. The fourth-order valence-electron chi connectivity index (χ4n) is 4.32. The molecule has 1 amide bonds. The molecule has 0 aliphatic carbocycles. The number of aromatic amines is 1. The summed E-state index contributed by atoms with van der Waals surface area (Å²) in [6, 6.07) is 5.34. The quantitative estimate of drug-likeness (QED) is 0.472. The van der Waals surface area contributed by atoms with Gasteiger partial charge in [-0.05, 0) is 44.4 Å². The van der Waals surface area contributed by atoms with Crippen molar-refractivity contribution in [2.24, 2.45) is 0 Å². The summed E-state index contributed by atoms with van der Waals surface area (Å²) in [5.74, 6) is -0.0731. The van der Waals surface area contributed by atoms with Crippen LogP contribution in [0.25, 0.3) is 10.9 Å².